The van der Waals surface area contributed by atoms with E-state index < -0.39 is 10.0 Å². The van der Waals surface area contributed by atoms with Gasteiger partial charge in [0.05, 0.1) is 11.6 Å². The molecule has 0 spiro atoms. The Morgan fingerprint density at radius 2 is 2.00 bits per heavy atom. The van der Waals surface area contributed by atoms with Gasteiger partial charge >= 0.3 is 0 Å². The van der Waals surface area contributed by atoms with Gasteiger partial charge in [-0.3, -0.25) is 0 Å². The maximum Gasteiger partial charge on any atom is 0.208 e. The molecule has 0 aliphatic carbocycles. The highest BCUT2D eigenvalue weighted by molar-refractivity contribution is 7.99. The lowest BCUT2D eigenvalue weighted by atomic mass is 10.1. The summed E-state index contributed by atoms with van der Waals surface area (Å²) in [5.41, 5.74) is 1.85. The molecule has 3 aromatic rings. The molecule has 9 heteroatoms. The van der Waals surface area contributed by atoms with Crippen molar-refractivity contribution in [1.82, 2.24) is 14.7 Å². The molecule has 0 atom stereocenters. The first-order valence-corrected chi connectivity index (χ1v) is 10.8. The van der Waals surface area contributed by atoms with Gasteiger partial charge in [0, 0.05) is 23.2 Å². The van der Waals surface area contributed by atoms with Crippen LogP contribution in [0.5, 0.6) is 0 Å². The van der Waals surface area contributed by atoms with Crippen LogP contribution in [-0.2, 0) is 10.0 Å². The maximum absolute atomic E-state index is 13.1. The SMILES string of the molecule is CS(=O)(=O)NCCSc1ncnc2scc(-c3ccc(F)cc3)c12. The smallest absolute Gasteiger partial charge is 0.208 e. The molecule has 0 bridgehead atoms. The van der Waals surface area contributed by atoms with Gasteiger partial charge in [0.1, 0.15) is 22.0 Å². The van der Waals surface area contributed by atoms with Crippen LogP contribution in [-0.4, -0.2) is 36.9 Å². The average Bonchev–Trinajstić information content (AvgIpc) is 2.96. The van der Waals surface area contributed by atoms with Crippen LogP contribution < -0.4 is 4.72 Å². The van der Waals surface area contributed by atoms with Crippen molar-refractivity contribution in [2.45, 2.75) is 5.03 Å². The zero-order valence-electron chi connectivity index (χ0n) is 12.7. The van der Waals surface area contributed by atoms with Crippen LogP contribution in [0, 0.1) is 5.82 Å². The summed E-state index contributed by atoms with van der Waals surface area (Å²) in [5, 5.41) is 3.68. The van der Waals surface area contributed by atoms with E-state index in [2.05, 4.69) is 14.7 Å². The fraction of sp³-hybridized carbons (Fsp3) is 0.200. The van der Waals surface area contributed by atoms with E-state index in [0.717, 1.165) is 32.6 Å². The maximum atomic E-state index is 13.1. The second kappa shape index (κ2) is 7.14. The third-order valence-corrected chi connectivity index (χ3v) is 5.80. The number of benzene rings is 1. The Labute approximate surface area is 147 Å². The molecule has 1 N–H and O–H groups in total. The van der Waals surface area contributed by atoms with Gasteiger partial charge in [0.15, 0.2) is 0 Å². The van der Waals surface area contributed by atoms with E-state index in [-0.39, 0.29) is 5.82 Å². The van der Waals surface area contributed by atoms with Crippen molar-refractivity contribution in [3.05, 3.63) is 41.8 Å². The minimum Gasteiger partial charge on any atom is -0.229 e. The van der Waals surface area contributed by atoms with Crippen LogP contribution in [0.15, 0.2) is 41.0 Å². The largest absolute Gasteiger partial charge is 0.229 e. The fourth-order valence-electron chi connectivity index (χ4n) is 2.17. The van der Waals surface area contributed by atoms with E-state index >= 15 is 0 Å². The van der Waals surface area contributed by atoms with Crippen molar-refractivity contribution < 1.29 is 12.8 Å². The quantitative estimate of drug-likeness (QED) is 0.402. The van der Waals surface area contributed by atoms with Crippen molar-refractivity contribution in [3.63, 3.8) is 0 Å². The molecule has 0 aliphatic heterocycles. The highest BCUT2D eigenvalue weighted by atomic mass is 32.2. The first-order chi connectivity index (χ1) is 11.4. The van der Waals surface area contributed by atoms with Gasteiger partial charge in [-0.2, -0.15) is 0 Å². The lowest BCUT2D eigenvalue weighted by Gasteiger charge is -2.06. The average molecular weight is 383 g/mol. The van der Waals surface area contributed by atoms with Crippen LogP contribution in [0.2, 0.25) is 0 Å². The number of fused-ring (bicyclic) bond motifs is 1. The molecule has 5 nitrogen and oxygen atoms in total. The van der Waals surface area contributed by atoms with Crippen LogP contribution in [0.4, 0.5) is 4.39 Å². The molecule has 0 saturated heterocycles. The summed E-state index contributed by atoms with van der Waals surface area (Å²) in [4.78, 5) is 9.46. The summed E-state index contributed by atoms with van der Waals surface area (Å²) in [6, 6.07) is 6.30. The van der Waals surface area contributed by atoms with Crippen molar-refractivity contribution in [1.29, 1.82) is 0 Å². The summed E-state index contributed by atoms with van der Waals surface area (Å²) in [6.07, 6.45) is 2.63. The standard InChI is InChI=1S/C15H14FN3O2S3/c1-24(20,21)19-6-7-22-14-13-12(8-23-15(13)18-9-17-14)10-2-4-11(16)5-3-10/h2-5,8-9,19H,6-7H2,1H3. The number of nitrogens with zero attached hydrogens (tertiary/aromatic N) is 2. The van der Waals surface area contributed by atoms with Crippen molar-refractivity contribution in [3.8, 4) is 11.1 Å². The molecule has 3 rings (SSSR count). The number of nitrogens with one attached hydrogen (secondary N) is 1. The summed E-state index contributed by atoms with van der Waals surface area (Å²) < 4.78 is 37.8. The van der Waals surface area contributed by atoms with Crippen LogP contribution in [0.1, 0.15) is 0 Å². The molecule has 0 amide bonds. The van der Waals surface area contributed by atoms with Gasteiger partial charge < -0.3 is 0 Å². The molecular weight excluding hydrogens is 369 g/mol. The molecule has 0 radical (unpaired) electrons. The highest BCUT2D eigenvalue weighted by Crippen LogP contribution is 2.37. The topological polar surface area (TPSA) is 72.0 Å². The normalized spacial score (nSPS) is 11.9. The molecule has 1 aromatic carbocycles. The van der Waals surface area contributed by atoms with Crippen LogP contribution >= 0.6 is 23.1 Å². The summed E-state index contributed by atoms with van der Waals surface area (Å²) in [6.45, 7) is 0.324. The Bertz CT molecular complexity index is 956. The fourth-order valence-corrected chi connectivity index (χ4v) is 4.63. The Balaban J connectivity index is 1.88. The van der Waals surface area contributed by atoms with E-state index in [1.807, 2.05) is 5.38 Å². The Kier molecular flexibility index (Phi) is 5.14. The van der Waals surface area contributed by atoms with Gasteiger partial charge in [-0.05, 0) is 17.7 Å². The predicted molar refractivity (Wildman–Crippen MR) is 96.4 cm³/mol. The molecule has 24 heavy (non-hydrogen) atoms. The first kappa shape index (κ1) is 17.3. The molecule has 0 saturated carbocycles. The third kappa shape index (κ3) is 4.10. The van der Waals surface area contributed by atoms with E-state index in [1.54, 1.807) is 12.1 Å². The summed E-state index contributed by atoms with van der Waals surface area (Å²) >= 11 is 2.96. The van der Waals surface area contributed by atoms with Crippen molar-refractivity contribution in [2.24, 2.45) is 0 Å². The molecule has 0 aliphatic rings. The number of aromatic nitrogens is 2. The van der Waals surface area contributed by atoms with Crippen molar-refractivity contribution in [2.75, 3.05) is 18.6 Å². The van der Waals surface area contributed by atoms with Gasteiger partial charge in [0.25, 0.3) is 0 Å². The molecular formula is C15H14FN3O2S3. The van der Waals surface area contributed by atoms with Crippen LogP contribution in [0.25, 0.3) is 21.3 Å². The summed E-state index contributed by atoms with van der Waals surface area (Å²) in [5.74, 6) is 0.272. The monoisotopic (exact) mass is 383 g/mol. The second-order valence-corrected chi connectivity index (χ2v) is 8.80. The zero-order valence-corrected chi connectivity index (χ0v) is 15.1. The molecule has 0 unspecified atom stereocenters. The van der Waals surface area contributed by atoms with Gasteiger partial charge in [-0.25, -0.2) is 27.5 Å². The Hall–Kier alpha value is -1.55. The number of hydrogen-bond acceptors (Lipinski definition) is 6. The summed E-state index contributed by atoms with van der Waals surface area (Å²) in [7, 11) is -3.19. The van der Waals surface area contributed by atoms with E-state index in [4.69, 9.17) is 0 Å². The number of thioether (sulfide) groups is 1. The predicted octanol–water partition coefficient (Wildman–Crippen LogP) is 3.14. The van der Waals surface area contributed by atoms with Gasteiger partial charge in [0.2, 0.25) is 10.0 Å². The third-order valence-electron chi connectivity index (χ3n) is 3.20. The van der Waals surface area contributed by atoms with Gasteiger partial charge in [-0.1, -0.05) is 12.1 Å². The second-order valence-electron chi connectivity index (χ2n) is 5.03. The number of halogens is 1. The van der Waals surface area contributed by atoms with E-state index in [0.29, 0.717) is 12.3 Å². The Morgan fingerprint density at radius 3 is 2.71 bits per heavy atom. The first-order valence-electron chi connectivity index (χ1n) is 6.99. The minimum atomic E-state index is -3.19. The molecule has 126 valence electrons. The van der Waals surface area contributed by atoms with Crippen LogP contribution in [0.3, 0.4) is 0 Å². The Morgan fingerprint density at radius 1 is 1.25 bits per heavy atom. The molecule has 2 aromatic heterocycles. The van der Waals surface area contributed by atoms with Gasteiger partial charge in [-0.15, -0.1) is 23.1 Å². The van der Waals surface area contributed by atoms with E-state index in [9.17, 15) is 12.8 Å². The number of rotatable bonds is 6. The zero-order chi connectivity index (χ0) is 17.2. The lowest BCUT2D eigenvalue weighted by Crippen LogP contribution is -2.24. The highest BCUT2D eigenvalue weighted by Gasteiger charge is 2.13. The molecule has 0 fully saturated rings. The molecule has 2 heterocycles. The number of thiophene rings is 1. The van der Waals surface area contributed by atoms with E-state index in [1.165, 1.54) is 41.6 Å². The van der Waals surface area contributed by atoms with Crippen molar-refractivity contribution >= 4 is 43.3 Å². The number of sulfonamides is 1. The number of hydrogen-bond donors (Lipinski definition) is 1. The lowest BCUT2D eigenvalue weighted by molar-refractivity contribution is 0.590. The minimum absolute atomic E-state index is 0.281.